The van der Waals surface area contributed by atoms with Gasteiger partial charge >= 0.3 is 5.97 Å². The van der Waals surface area contributed by atoms with Crippen molar-refractivity contribution in [1.82, 2.24) is 0 Å². The predicted octanol–water partition coefficient (Wildman–Crippen LogP) is -0.0241. The summed E-state index contributed by atoms with van der Waals surface area (Å²) in [6.07, 6.45) is -2.78. The first kappa shape index (κ1) is 19.1. The largest absolute Gasteiger partial charge is 0.466 e. The Morgan fingerprint density at radius 2 is 1.83 bits per heavy atom. The standard InChI is InChI=1S/C14H22O9S/c1-5-19-9(16)6-8-10-13(22-14(2,3)21-10)12(20-7-15)11(8)23-24(4,17)18/h7-8,10-13H,5-6H2,1-4H3/t8-,10+,11+,12+,13+/m0/s1. The molecule has 0 spiro atoms. The van der Waals surface area contributed by atoms with Gasteiger partial charge in [0.1, 0.15) is 12.2 Å². The van der Waals surface area contributed by atoms with Crippen molar-refractivity contribution in [3.63, 3.8) is 0 Å². The van der Waals surface area contributed by atoms with E-state index in [4.69, 9.17) is 23.1 Å². The van der Waals surface area contributed by atoms with E-state index in [1.54, 1.807) is 20.8 Å². The van der Waals surface area contributed by atoms with Crippen molar-refractivity contribution in [3.8, 4) is 0 Å². The maximum atomic E-state index is 11.9. The first-order chi connectivity index (χ1) is 11.1. The van der Waals surface area contributed by atoms with Crippen molar-refractivity contribution in [2.75, 3.05) is 12.9 Å². The van der Waals surface area contributed by atoms with Crippen LogP contribution in [0, 0.1) is 5.92 Å². The van der Waals surface area contributed by atoms with E-state index in [1.807, 2.05) is 0 Å². The zero-order valence-corrected chi connectivity index (χ0v) is 14.8. The topological polar surface area (TPSA) is 114 Å². The molecular weight excluding hydrogens is 344 g/mol. The molecule has 2 rings (SSSR count). The average molecular weight is 366 g/mol. The van der Waals surface area contributed by atoms with E-state index in [9.17, 15) is 18.0 Å². The molecule has 0 aromatic carbocycles. The van der Waals surface area contributed by atoms with E-state index in [1.165, 1.54) is 0 Å². The van der Waals surface area contributed by atoms with Gasteiger partial charge in [-0.3, -0.25) is 13.8 Å². The Morgan fingerprint density at radius 1 is 1.21 bits per heavy atom. The highest BCUT2D eigenvalue weighted by Gasteiger charge is 2.62. The van der Waals surface area contributed by atoms with Gasteiger partial charge in [0.25, 0.3) is 16.6 Å². The number of rotatable bonds is 7. The third kappa shape index (κ3) is 4.24. The van der Waals surface area contributed by atoms with E-state index >= 15 is 0 Å². The summed E-state index contributed by atoms with van der Waals surface area (Å²) in [5.41, 5.74) is 0. The minimum absolute atomic E-state index is 0.145. The van der Waals surface area contributed by atoms with Crippen LogP contribution in [0.1, 0.15) is 27.2 Å². The molecule has 1 saturated heterocycles. The van der Waals surface area contributed by atoms with Crippen LogP contribution >= 0.6 is 0 Å². The molecule has 1 aliphatic carbocycles. The van der Waals surface area contributed by atoms with E-state index in [2.05, 4.69) is 0 Å². The van der Waals surface area contributed by atoms with Crippen LogP contribution in [0.2, 0.25) is 0 Å². The van der Waals surface area contributed by atoms with E-state index in [0.29, 0.717) is 0 Å². The minimum atomic E-state index is -3.86. The van der Waals surface area contributed by atoms with Gasteiger partial charge in [-0.15, -0.1) is 0 Å². The lowest BCUT2D eigenvalue weighted by atomic mass is 9.99. The summed E-state index contributed by atoms with van der Waals surface area (Å²) in [5, 5.41) is 0. The maximum absolute atomic E-state index is 11.9. The lowest BCUT2D eigenvalue weighted by Gasteiger charge is -2.28. The number of hydrogen-bond donors (Lipinski definition) is 0. The molecule has 0 radical (unpaired) electrons. The van der Waals surface area contributed by atoms with Crippen LogP contribution in [0.4, 0.5) is 0 Å². The summed E-state index contributed by atoms with van der Waals surface area (Å²) in [6.45, 7) is 5.40. The van der Waals surface area contributed by atoms with Crippen LogP contribution in [-0.2, 0) is 42.8 Å². The monoisotopic (exact) mass is 366 g/mol. The lowest BCUT2D eigenvalue weighted by Crippen LogP contribution is -2.40. The third-order valence-electron chi connectivity index (χ3n) is 3.86. The van der Waals surface area contributed by atoms with Crippen molar-refractivity contribution in [1.29, 1.82) is 0 Å². The number of ether oxygens (including phenoxy) is 4. The van der Waals surface area contributed by atoms with Gasteiger partial charge in [-0.05, 0) is 20.8 Å². The summed E-state index contributed by atoms with van der Waals surface area (Å²) in [7, 11) is -3.86. The van der Waals surface area contributed by atoms with Crippen molar-refractivity contribution >= 4 is 22.6 Å². The molecule has 0 amide bonds. The fraction of sp³-hybridized carbons (Fsp3) is 0.857. The Labute approximate surface area is 140 Å². The van der Waals surface area contributed by atoms with Gasteiger partial charge in [-0.2, -0.15) is 8.42 Å². The van der Waals surface area contributed by atoms with Crippen molar-refractivity contribution in [3.05, 3.63) is 0 Å². The molecule has 0 aromatic heterocycles. The summed E-state index contributed by atoms with van der Waals surface area (Å²) >= 11 is 0. The first-order valence-corrected chi connectivity index (χ1v) is 9.38. The number of hydrogen-bond acceptors (Lipinski definition) is 9. The molecule has 0 bridgehead atoms. The smallest absolute Gasteiger partial charge is 0.306 e. The second-order valence-electron chi connectivity index (χ2n) is 6.20. The maximum Gasteiger partial charge on any atom is 0.306 e. The van der Waals surface area contributed by atoms with Crippen LogP contribution in [0.25, 0.3) is 0 Å². The quantitative estimate of drug-likeness (QED) is 0.348. The van der Waals surface area contributed by atoms with E-state index in [-0.39, 0.29) is 19.5 Å². The molecule has 138 valence electrons. The van der Waals surface area contributed by atoms with Crippen LogP contribution in [-0.4, -0.2) is 63.9 Å². The molecule has 10 heteroatoms. The molecule has 24 heavy (non-hydrogen) atoms. The number of esters is 1. The summed E-state index contributed by atoms with van der Waals surface area (Å²) in [5.74, 6) is -2.18. The first-order valence-electron chi connectivity index (χ1n) is 7.56. The van der Waals surface area contributed by atoms with E-state index < -0.39 is 52.2 Å². The fourth-order valence-electron chi connectivity index (χ4n) is 3.21. The SMILES string of the molecule is CCOC(=O)C[C@H]1[C@H]2OC(C)(C)O[C@H]2[C@H](OC=O)[C@@H]1OS(C)(=O)=O. The molecule has 1 aliphatic heterocycles. The van der Waals surface area contributed by atoms with Crippen LogP contribution < -0.4 is 0 Å². The Balaban J connectivity index is 2.32. The van der Waals surface area contributed by atoms with Gasteiger partial charge < -0.3 is 18.9 Å². The summed E-state index contributed by atoms with van der Waals surface area (Å²) in [6, 6.07) is 0. The van der Waals surface area contributed by atoms with Crippen molar-refractivity contribution in [2.45, 2.75) is 57.4 Å². The second-order valence-corrected chi connectivity index (χ2v) is 7.80. The van der Waals surface area contributed by atoms with Gasteiger partial charge in [-0.1, -0.05) is 0 Å². The third-order valence-corrected chi connectivity index (χ3v) is 4.43. The lowest BCUT2D eigenvalue weighted by molar-refractivity contribution is -0.186. The predicted molar refractivity (Wildman–Crippen MR) is 79.2 cm³/mol. The van der Waals surface area contributed by atoms with Crippen molar-refractivity contribution in [2.24, 2.45) is 5.92 Å². The number of fused-ring (bicyclic) bond motifs is 1. The molecule has 0 N–H and O–H groups in total. The zero-order chi connectivity index (χ0) is 18.1. The highest BCUT2D eigenvalue weighted by atomic mass is 32.2. The van der Waals surface area contributed by atoms with Gasteiger partial charge in [0.15, 0.2) is 11.9 Å². The minimum Gasteiger partial charge on any atom is -0.466 e. The van der Waals surface area contributed by atoms with Crippen LogP contribution in [0.5, 0.6) is 0 Å². The van der Waals surface area contributed by atoms with Crippen molar-refractivity contribution < 1.29 is 41.1 Å². The average Bonchev–Trinajstić information content (AvgIpc) is 2.85. The molecule has 1 heterocycles. The Bertz CT molecular complexity index is 585. The fourth-order valence-corrected chi connectivity index (χ4v) is 3.87. The summed E-state index contributed by atoms with van der Waals surface area (Å²) in [4.78, 5) is 22.7. The van der Waals surface area contributed by atoms with Gasteiger partial charge in [0, 0.05) is 5.92 Å². The second kappa shape index (κ2) is 6.95. The highest BCUT2D eigenvalue weighted by molar-refractivity contribution is 7.86. The Kier molecular flexibility index (Phi) is 5.53. The zero-order valence-electron chi connectivity index (χ0n) is 14.0. The normalized spacial score (nSPS) is 34.6. The van der Waals surface area contributed by atoms with Gasteiger partial charge in [0.2, 0.25) is 0 Å². The van der Waals surface area contributed by atoms with Crippen LogP contribution in [0.15, 0.2) is 0 Å². The number of carbonyl (C=O) groups is 2. The van der Waals surface area contributed by atoms with Gasteiger partial charge in [-0.25, -0.2) is 0 Å². The molecule has 0 aromatic rings. The Morgan fingerprint density at radius 3 is 2.38 bits per heavy atom. The van der Waals surface area contributed by atoms with E-state index in [0.717, 1.165) is 6.26 Å². The van der Waals surface area contributed by atoms with Gasteiger partial charge in [0.05, 0.1) is 25.4 Å². The number of carbonyl (C=O) groups excluding carboxylic acids is 2. The molecule has 9 nitrogen and oxygen atoms in total. The molecular formula is C14H22O9S. The summed E-state index contributed by atoms with van der Waals surface area (Å²) < 4.78 is 49.7. The molecule has 2 fully saturated rings. The molecule has 1 saturated carbocycles. The van der Waals surface area contributed by atoms with Crippen LogP contribution in [0.3, 0.4) is 0 Å². The molecule has 0 unspecified atom stereocenters. The highest BCUT2D eigenvalue weighted by Crippen LogP contribution is 2.45. The molecule has 5 atom stereocenters. The Hall–Kier alpha value is -1.23. The molecule has 2 aliphatic rings.